The van der Waals surface area contributed by atoms with Crippen molar-refractivity contribution in [1.29, 1.82) is 0 Å². The summed E-state index contributed by atoms with van der Waals surface area (Å²) in [4.78, 5) is 14.5. The van der Waals surface area contributed by atoms with E-state index < -0.39 is 21.7 Å². The molecule has 4 rings (SSSR count). The summed E-state index contributed by atoms with van der Waals surface area (Å²) in [5.74, 6) is -0.113. The quantitative estimate of drug-likeness (QED) is 0.563. The topological polar surface area (TPSA) is 93.0 Å². The van der Waals surface area contributed by atoms with Crippen LogP contribution in [0.25, 0.3) is 11.3 Å². The Kier molecular flexibility index (Phi) is 6.24. The van der Waals surface area contributed by atoms with Gasteiger partial charge in [0.05, 0.1) is 17.1 Å². The number of hydrogen-bond donors (Lipinski definition) is 0. The molecule has 1 fully saturated rings. The number of sulfonamides is 1. The fourth-order valence-corrected chi connectivity index (χ4v) is 4.90. The van der Waals surface area contributed by atoms with E-state index >= 15 is 0 Å². The lowest BCUT2D eigenvalue weighted by Gasteiger charge is -2.33. The molecule has 1 aliphatic rings. The van der Waals surface area contributed by atoms with Crippen LogP contribution in [0.4, 0.5) is 4.39 Å². The molecular formula is C22H22FN3O5S. The molecule has 0 saturated carbocycles. The normalized spacial score (nSPS) is 15.0. The van der Waals surface area contributed by atoms with Crippen molar-refractivity contribution in [3.63, 3.8) is 0 Å². The molecule has 0 bridgehead atoms. The fourth-order valence-electron chi connectivity index (χ4n) is 3.48. The zero-order valence-electron chi connectivity index (χ0n) is 17.4. The molecule has 10 heteroatoms. The molecule has 1 aliphatic heterocycles. The van der Waals surface area contributed by atoms with Crippen LogP contribution < -0.4 is 4.74 Å². The number of benzene rings is 2. The number of piperazine rings is 1. The molecule has 1 saturated heterocycles. The van der Waals surface area contributed by atoms with Crippen molar-refractivity contribution in [3.05, 3.63) is 66.1 Å². The SMILES string of the molecule is CCOc1ccc(S(=O)(=O)N2CCN(C(=O)c3cc(-c4ccccc4F)on3)CC2)cc1. The molecule has 0 spiro atoms. The Labute approximate surface area is 185 Å². The average Bonchev–Trinajstić information content (AvgIpc) is 3.29. The number of halogens is 1. The van der Waals surface area contributed by atoms with E-state index in [0.717, 1.165) is 0 Å². The van der Waals surface area contributed by atoms with Gasteiger partial charge in [0.2, 0.25) is 10.0 Å². The Balaban J connectivity index is 1.41. The second-order valence-corrected chi connectivity index (χ2v) is 9.09. The van der Waals surface area contributed by atoms with E-state index in [4.69, 9.17) is 9.26 Å². The van der Waals surface area contributed by atoms with Gasteiger partial charge in [0.15, 0.2) is 11.5 Å². The standard InChI is InChI=1S/C22H22FN3O5S/c1-2-30-16-7-9-17(10-8-16)32(28,29)26-13-11-25(12-14-26)22(27)20-15-21(31-24-20)18-5-3-4-6-19(18)23/h3-10,15H,2,11-14H2,1H3. The van der Waals surface area contributed by atoms with Crippen LogP contribution in [0.5, 0.6) is 5.75 Å². The summed E-state index contributed by atoms with van der Waals surface area (Å²) < 4.78 is 51.6. The van der Waals surface area contributed by atoms with Crippen LogP contribution in [-0.4, -0.2) is 61.5 Å². The lowest BCUT2D eigenvalue weighted by molar-refractivity contribution is 0.0687. The van der Waals surface area contributed by atoms with Crippen LogP contribution >= 0.6 is 0 Å². The van der Waals surface area contributed by atoms with Gasteiger partial charge >= 0.3 is 0 Å². The van der Waals surface area contributed by atoms with E-state index in [1.165, 1.54) is 39.5 Å². The second-order valence-electron chi connectivity index (χ2n) is 7.16. The molecule has 8 nitrogen and oxygen atoms in total. The Morgan fingerprint density at radius 2 is 1.78 bits per heavy atom. The van der Waals surface area contributed by atoms with Crippen LogP contribution in [0.15, 0.2) is 64.0 Å². The third-order valence-electron chi connectivity index (χ3n) is 5.17. The molecule has 3 aromatic rings. The Hall–Kier alpha value is -3.24. The maximum atomic E-state index is 13.9. The number of nitrogens with zero attached hydrogens (tertiary/aromatic N) is 3. The second kappa shape index (κ2) is 9.09. The minimum atomic E-state index is -3.68. The van der Waals surface area contributed by atoms with Crippen LogP contribution in [0.3, 0.4) is 0 Å². The summed E-state index contributed by atoms with van der Waals surface area (Å²) in [6.45, 7) is 3.06. The Morgan fingerprint density at radius 3 is 2.44 bits per heavy atom. The summed E-state index contributed by atoms with van der Waals surface area (Å²) in [7, 11) is -3.68. The predicted molar refractivity (Wildman–Crippen MR) is 114 cm³/mol. The molecule has 32 heavy (non-hydrogen) atoms. The minimum absolute atomic E-state index is 0.0473. The van der Waals surface area contributed by atoms with Gasteiger partial charge in [0.25, 0.3) is 5.91 Å². The van der Waals surface area contributed by atoms with Gasteiger partial charge in [-0.2, -0.15) is 4.31 Å². The molecule has 0 radical (unpaired) electrons. The first-order valence-corrected chi connectivity index (χ1v) is 11.6. The Bertz CT molecular complexity index is 1200. The van der Waals surface area contributed by atoms with Gasteiger partial charge in [-0.25, -0.2) is 12.8 Å². The summed E-state index contributed by atoms with van der Waals surface area (Å²) in [6, 6.07) is 13.7. The summed E-state index contributed by atoms with van der Waals surface area (Å²) in [5.41, 5.74) is 0.261. The van der Waals surface area contributed by atoms with Gasteiger partial charge in [-0.15, -0.1) is 0 Å². The van der Waals surface area contributed by atoms with Crippen molar-refractivity contribution in [1.82, 2.24) is 14.4 Å². The number of amides is 1. The van der Waals surface area contributed by atoms with Crippen molar-refractivity contribution < 1.29 is 26.9 Å². The highest BCUT2D eigenvalue weighted by Gasteiger charge is 2.31. The number of ether oxygens (including phenoxy) is 1. The first-order valence-electron chi connectivity index (χ1n) is 10.1. The molecule has 0 N–H and O–H groups in total. The summed E-state index contributed by atoms with van der Waals surface area (Å²) in [5, 5.41) is 3.77. The highest BCUT2D eigenvalue weighted by atomic mass is 32.2. The first-order chi connectivity index (χ1) is 15.4. The number of rotatable bonds is 6. The fraction of sp³-hybridized carbons (Fsp3) is 0.273. The average molecular weight is 459 g/mol. The molecular weight excluding hydrogens is 437 g/mol. The lowest BCUT2D eigenvalue weighted by Crippen LogP contribution is -2.50. The Morgan fingerprint density at radius 1 is 1.09 bits per heavy atom. The third-order valence-corrected chi connectivity index (χ3v) is 7.08. The van der Waals surface area contributed by atoms with Crippen molar-refractivity contribution >= 4 is 15.9 Å². The van der Waals surface area contributed by atoms with Crippen molar-refractivity contribution in [3.8, 4) is 17.1 Å². The van der Waals surface area contributed by atoms with Gasteiger partial charge in [-0.05, 0) is 43.3 Å². The molecule has 1 amide bonds. The van der Waals surface area contributed by atoms with E-state index in [-0.39, 0.29) is 48.1 Å². The monoisotopic (exact) mass is 459 g/mol. The molecule has 168 valence electrons. The smallest absolute Gasteiger partial charge is 0.276 e. The van der Waals surface area contributed by atoms with Crippen LogP contribution in [0, 0.1) is 5.82 Å². The van der Waals surface area contributed by atoms with E-state index in [0.29, 0.717) is 12.4 Å². The van der Waals surface area contributed by atoms with Crippen LogP contribution in [-0.2, 0) is 10.0 Å². The number of carbonyl (C=O) groups is 1. The van der Waals surface area contributed by atoms with E-state index in [2.05, 4.69) is 5.16 Å². The molecule has 1 aromatic heterocycles. The minimum Gasteiger partial charge on any atom is -0.494 e. The van der Waals surface area contributed by atoms with Gasteiger partial charge in [0.1, 0.15) is 11.6 Å². The van der Waals surface area contributed by atoms with Gasteiger partial charge in [-0.3, -0.25) is 4.79 Å². The molecule has 2 aromatic carbocycles. The maximum Gasteiger partial charge on any atom is 0.276 e. The van der Waals surface area contributed by atoms with Crippen molar-refractivity contribution in [2.24, 2.45) is 0 Å². The van der Waals surface area contributed by atoms with Gasteiger partial charge in [-0.1, -0.05) is 17.3 Å². The van der Waals surface area contributed by atoms with E-state index in [1.807, 2.05) is 6.92 Å². The molecule has 2 heterocycles. The third kappa shape index (κ3) is 4.37. The molecule has 0 atom stereocenters. The highest BCUT2D eigenvalue weighted by molar-refractivity contribution is 7.89. The van der Waals surface area contributed by atoms with Crippen molar-refractivity contribution in [2.45, 2.75) is 11.8 Å². The highest BCUT2D eigenvalue weighted by Crippen LogP contribution is 2.25. The number of carbonyl (C=O) groups excluding carboxylic acids is 1. The summed E-state index contributed by atoms with van der Waals surface area (Å²) in [6.07, 6.45) is 0. The largest absolute Gasteiger partial charge is 0.494 e. The van der Waals surface area contributed by atoms with Gasteiger partial charge in [0, 0.05) is 32.2 Å². The molecule has 0 unspecified atom stereocenters. The van der Waals surface area contributed by atoms with E-state index in [9.17, 15) is 17.6 Å². The number of hydrogen-bond acceptors (Lipinski definition) is 6. The lowest BCUT2D eigenvalue weighted by atomic mass is 10.1. The van der Waals surface area contributed by atoms with Crippen LogP contribution in [0.1, 0.15) is 17.4 Å². The summed E-state index contributed by atoms with van der Waals surface area (Å²) >= 11 is 0. The predicted octanol–water partition coefficient (Wildman–Crippen LogP) is 3.03. The van der Waals surface area contributed by atoms with Crippen molar-refractivity contribution in [2.75, 3.05) is 32.8 Å². The molecule has 0 aliphatic carbocycles. The zero-order valence-corrected chi connectivity index (χ0v) is 18.2. The zero-order chi connectivity index (χ0) is 22.7. The van der Waals surface area contributed by atoms with Crippen LogP contribution in [0.2, 0.25) is 0 Å². The maximum absolute atomic E-state index is 13.9. The van der Waals surface area contributed by atoms with Gasteiger partial charge < -0.3 is 14.2 Å². The number of aromatic nitrogens is 1. The first kappa shape index (κ1) is 22.0. The van der Waals surface area contributed by atoms with E-state index in [1.54, 1.807) is 24.3 Å².